The maximum absolute atomic E-state index is 4.67. The highest BCUT2D eigenvalue weighted by molar-refractivity contribution is 9.09. The molecule has 0 radical (unpaired) electrons. The second-order valence-electron chi connectivity index (χ2n) is 4.29. The minimum absolute atomic E-state index is 0.492. The number of halogens is 1. The molecule has 0 amide bonds. The maximum atomic E-state index is 4.67. The van der Waals surface area contributed by atoms with Crippen molar-refractivity contribution in [2.24, 2.45) is 10.9 Å². The van der Waals surface area contributed by atoms with Gasteiger partial charge in [0.15, 0.2) is 0 Å². The Morgan fingerprint density at radius 3 is 3.12 bits per heavy atom. The van der Waals surface area contributed by atoms with Gasteiger partial charge in [-0.2, -0.15) is 0 Å². The fourth-order valence-corrected chi connectivity index (χ4v) is 2.94. The van der Waals surface area contributed by atoms with Crippen LogP contribution in [0, 0.1) is 5.92 Å². The number of amidine groups is 1. The molecule has 2 aliphatic rings. The van der Waals surface area contributed by atoms with Gasteiger partial charge in [-0.1, -0.05) is 34.1 Å². The van der Waals surface area contributed by atoms with Crippen molar-refractivity contribution in [3.8, 4) is 0 Å². The topological polar surface area (TPSA) is 36.4 Å². The van der Waals surface area contributed by atoms with Crippen LogP contribution in [-0.2, 0) is 6.42 Å². The first-order valence-electron chi connectivity index (χ1n) is 5.62. The van der Waals surface area contributed by atoms with Crippen molar-refractivity contribution in [1.82, 2.24) is 10.9 Å². The van der Waals surface area contributed by atoms with Crippen LogP contribution >= 0.6 is 15.9 Å². The summed E-state index contributed by atoms with van der Waals surface area (Å²) in [6.07, 6.45) is 2.21. The molecule has 1 aromatic rings. The maximum Gasteiger partial charge on any atom is 0.121 e. The van der Waals surface area contributed by atoms with Gasteiger partial charge >= 0.3 is 0 Å². The Morgan fingerprint density at radius 1 is 1.38 bits per heavy atom. The van der Waals surface area contributed by atoms with E-state index in [-0.39, 0.29) is 0 Å². The monoisotopic (exact) mass is 279 g/mol. The van der Waals surface area contributed by atoms with E-state index in [1.54, 1.807) is 0 Å². The smallest absolute Gasteiger partial charge is 0.121 e. The molecule has 4 heteroatoms. The second-order valence-corrected chi connectivity index (χ2v) is 5.08. The number of nitrogens with zero attached hydrogens (tertiary/aromatic N) is 1. The highest BCUT2D eigenvalue weighted by Crippen LogP contribution is 2.31. The van der Waals surface area contributed by atoms with Crippen molar-refractivity contribution in [2.45, 2.75) is 18.9 Å². The molecular formula is C12H14BrN3. The molecule has 2 aliphatic heterocycles. The lowest BCUT2D eigenvalue weighted by atomic mass is 9.88. The minimum atomic E-state index is 0.492. The summed E-state index contributed by atoms with van der Waals surface area (Å²) in [7, 11) is 0. The predicted molar refractivity (Wildman–Crippen MR) is 69.2 cm³/mol. The van der Waals surface area contributed by atoms with E-state index < -0.39 is 0 Å². The lowest BCUT2D eigenvalue weighted by Crippen LogP contribution is -2.32. The van der Waals surface area contributed by atoms with Crippen LogP contribution in [0.1, 0.15) is 12.0 Å². The van der Waals surface area contributed by atoms with Gasteiger partial charge in [0.25, 0.3) is 0 Å². The van der Waals surface area contributed by atoms with Crippen LogP contribution in [0.25, 0.3) is 0 Å². The number of para-hydroxylation sites is 1. The molecule has 2 atom stereocenters. The number of aliphatic imine (C=N–C) groups is 1. The first-order valence-corrected chi connectivity index (χ1v) is 6.74. The Balaban J connectivity index is 1.91. The molecule has 0 aliphatic carbocycles. The van der Waals surface area contributed by atoms with Crippen LogP contribution in [0.2, 0.25) is 0 Å². The van der Waals surface area contributed by atoms with E-state index in [1.165, 1.54) is 5.56 Å². The van der Waals surface area contributed by atoms with Gasteiger partial charge < -0.3 is 5.43 Å². The van der Waals surface area contributed by atoms with Gasteiger partial charge in [-0.05, 0) is 24.5 Å². The standard InChI is InChI=1S/C12H14BrN3/c13-6-5-11-9-7-8-3-1-2-4-10(8)14-12(9)16-15-11/h1-4,9,11,15H,5-7H2,(H,14,16). The minimum Gasteiger partial charge on any atom is -0.309 e. The van der Waals surface area contributed by atoms with Crippen LogP contribution in [0.15, 0.2) is 29.3 Å². The number of fused-ring (bicyclic) bond motifs is 2. The molecule has 2 unspecified atom stereocenters. The van der Waals surface area contributed by atoms with Gasteiger partial charge in [-0.15, -0.1) is 0 Å². The van der Waals surface area contributed by atoms with Gasteiger partial charge in [-0.3, -0.25) is 0 Å². The van der Waals surface area contributed by atoms with E-state index in [0.29, 0.717) is 12.0 Å². The summed E-state index contributed by atoms with van der Waals surface area (Å²) < 4.78 is 0. The predicted octanol–water partition coefficient (Wildman–Crippen LogP) is 2.15. The highest BCUT2D eigenvalue weighted by Gasteiger charge is 2.34. The molecule has 1 fully saturated rings. The molecule has 2 N–H and O–H groups in total. The van der Waals surface area contributed by atoms with Crippen LogP contribution in [-0.4, -0.2) is 17.2 Å². The average Bonchev–Trinajstić information content (AvgIpc) is 2.70. The quantitative estimate of drug-likeness (QED) is 0.814. The van der Waals surface area contributed by atoms with E-state index in [9.17, 15) is 0 Å². The molecule has 1 saturated heterocycles. The Labute approximate surface area is 103 Å². The molecule has 0 aromatic heterocycles. The third-order valence-electron chi connectivity index (χ3n) is 3.32. The van der Waals surface area contributed by atoms with Crippen LogP contribution < -0.4 is 10.9 Å². The fraction of sp³-hybridized carbons (Fsp3) is 0.417. The fourth-order valence-electron chi connectivity index (χ4n) is 2.45. The van der Waals surface area contributed by atoms with Gasteiger partial charge in [-0.25, -0.2) is 10.4 Å². The average molecular weight is 280 g/mol. The summed E-state index contributed by atoms with van der Waals surface area (Å²) in [6, 6.07) is 8.89. The Hall–Kier alpha value is -0.870. The van der Waals surface area contributed by atoms with E-state index >= 15 is 0 Å². The van der Waals surface area contributed by atoms with Gasteiger partial charge in [0.05, 0.1) is 5.69 Å². The number of alkyl halides is 1. The number of benzene rings is 1. The molecular weight excluding hydrogens is 266 g/mol. The van der Waals surface area contributed by atoms with E-state index in [1.807, 2.05) is 6.07 Å². The molecule has 0 saturated carbocycles. The van der Waals surface area contributed by atoms with Crippen molar-refractivity contribution in [2.75, 3.05) is 5.33 Å². The molecule has 0 bridgehead atoms. The molecule has 3 rings (SSSR count). The Bertz CT molecular complexity index is 430. The third-order valence-corrected chi connectivity index (χ3v) is 3.77. The van der Waals surface area contributed by atoms with Gasteiger partial charge in [0.2, 0.25) is 0 Å². The zero-order chi connectivity index (χ0) is 11.0. The second kappa shape index (κ2) is 4.18. The first kappa shape index (κ1) is 10.3. The first-order chi connectivity index (χ1) is 7.88. The molecule has 16 heavy (non-hydrogen) atoms. The molecule has 2 heterocycles. The molecule has 0 spiro atoms. The van der Waals surface area contributed by atoms with Crippen LogP contribution in [0.3, 0.4) is 0 Å². The molecule has 3 nitrogen and oxygen atoms in total. The number of nitrogens with one attached hydrogen (secondary N) is 2. The Kier molecular flexibility index (Phi) is 2.69. The number of rotatable bonds is 2. The SMILES string of the molecule is BrCCC1NNC2=Nc3ccccc3CC21. The van der Waals surface area contributed by atoms with Crippen LogP contribution in [0.5, 0.6) is 0 Å². The molecule has 84 valence electrons. The number of hydrogen-bond acceptors (Lipinski definition) is 3. The zero-order valence-electron chi connectivity index (χ0n) is 8.91. The van der Waals surface area contributed by atoms with E-state index in [4.69, 9.17) is 0 Å². The highest BCUT2D eigenvalue weighted by atomic mass is 79.9. The number of hydrazine groups is 1. The van der Waals surface area contributed by atoms with Gasteiger partial charge in [0, 0.05) is 17.3 Å². The summed E-state index contributed by atoms with van der Waals surface area (Å²) >= 11 is 3.50. The largest absolute Gasteiger partial charge is 0.309 e. The molecule has 1 aromatic carbocycles. The third kappa shape index (κ3) is 1.66. The van der Waals surface area contributed by atoms with Crippen molar-refractivity contribution < 1.29 is 0 Å². The van der Waals surface area contributed by atoms with Crippen LogP contribution in [0.4, 0.5) is 5.69 Å². The lowest BCUT2D eigenvalue weighted by Gasteiger charge is -2.21. The zero-order valence-corrected chi connectivity index (χ0v) is 10.5. The van der Waals surface area contributed by atoms with Crippen molar-refractivity contribution in [3.05, 3.63) is 29.8 Å². The van der Waals surface area contributed by atoms with Crippen molar-refractivity contribution in [1.29, 1.82) is 0 Å². The van der Waals surface area contributed by atoms with Crippen molar-refractivity contribution in [3.63, 3.8) is 0 Å². The van der Waals surface area contributed by atoms with Gasteiger partial charge in [0.1, 0.15) is 5.84 Å². The van der Waals surface area contributed by atoms with Crippen molar-refractivity contribution >= 4 is 27.5 Å². The number of hydrogen-bond donors (Lipinski definition) is 2. The summed E-state index contributed by atoms with van der Waals surface area (Å²) in [6.45, 7) is 0. The summed E-state index contributed by atoms with van der Waals surface area (Å²) in [5.41, 5.74) is 9.01. The summed E-state index contributed by atoms with van der Waals surface area (Å²) in [5, 5.41) is 1.03. The summed E-state index contributed by atoms with van der Waals surface area (Å²) in [4.78, 5) is 4.67. The Morgan fingerprint density at radius 2 is 2.25 bits per heavy atom. The van der Waals surface area contributed by atoms with E-state index in [2.05, 4.69) is 50.0 Å². The lowest BCUT2D eigenvalue weighted by molar-refractivity contribution is 0.461. The summed E-state index contributed by atoms with van der Waals surface area (Å²) in [5.74, 6) is 1.61. The van der Waals surface area contributed by atoms with E-state index in [0.717, 1.165) is 29.7 Å². The normalized spacial score (nSPS) is 26.7.